The van der Waals surface area contributed by atoms with Gasteiger partial charge in [-0.25, -0.2) is 0 Å². The fourth-order valence-corrected chi connectivity index (χ4v) is 1.49. The van der Waals surface area contributed by atoms with Gasteiger partial charge in [-0.2, -0.15) is 0 Å². The minimum absolute atomic E-state index is 0.0991. The summed E-state index contributed by atoms with van der Waals surface area (Å²) in [6.45, 7) is 11.0. The van der Waals surface area contributed by atoms with Crippen molar-refractivity contribution in [3.8, 4) is 0 Å². The summed E-state index contributed by atoms with van der Waals surface area (Å²) in [5, 5.41) is 6.02. The SMILES string of the molecule is CC(C)(C)C(=O)Nc1ccc(Cl)c(NC(=O)C(C)(C)C)c1. The van der Waals surface area contributed by atoms with E-state index in [1.165, 1.54) is 0 Å². The highest BCUT2D eigenvalue weighted by Gasteiger charge is 2.23. The maximum absolute atomic E-state index is 12.0. The van der Waals surface area contributed by atoms with Gasteiger partial charge in [-0.05, 0) is 18.2 Å². The molecule has 5 heteroatoms. The van der Waals surface area contributed by atoms with E-state index in [9.17, 15) is 9.59 Å². The second-order valence-electron chi connectivity index (χ2n) is 7.10. The number of carbonyl (C=O) groups excluding carboxylic acids is 2. The third-order valence-corrected chi connectivity index (χ3v) is 3.16. The number of amides is 2. The summed E-state index contributed by atoms with van der Waals surface area (Å²) in [4.78, 5) is 24.0. The number of halogens is 1. The molecule has 0 aliphatic rings. The largest absolute Gasteiger partial charge is 0.326 e. The molecule has 116 valence electrons. The van der Waals surface area contributed by atoms with Crippen LogP contribution in [0.5, 0.6) is 0 Å². The van der Waals surface area contributed by atoms with E-state index in [0.717, 1.165) is 0 Å². The fourth-order valence-electron chi connectivity index (χ4n) is 1.33. The van der Waals surface area contributed by atoms with Crippen molar-refractivity contribution in [1.82, 2.24) is 0 Å². The maximum atomic E-state index is 12.0. The molecular weight excluding hydrogens is 288 g/mol. The molecule has 0 radical (unpaired) electrons. The number of rotatable bonds is 2. The lowest BCUT2D eigenvalue weighted by Crippen LogP contribution is -2.28. The predicted octanol–water partition coefficient (Wildman–Crippen LogP) is 4.31. The number of carbonyl (C=O) groups is 2. The Morgan fingerprint density at radius 3 is 1.86 bits per heavy atom. The number of nitrogens with one attached hydrogen (secondary N) is 2. The lowest BCUT2D eigenvalue weighted by Gasteiger charge is -2.20. The first kappa shape index (κ1) is 17.5. The lowest BCUT2D eigenvalue weighted by molar-refractivity contribution is -0.123. The smallest absolute Gasteiger partial charge is 0.229 e. The van der Waals surface area contributed by atoms with Gasteiger partial charge in [-0.1, -0.05) is 53.1 Å². The van der Waals surface area contributed by atoms with E-state index >= 15 is 0 Å². The lowest BCUT2D eigenvalue weighted by atomic mass is 9.95. The zero-order valence-electron chi connectivity index (χ0n) is 13.4. The van der Waals surface area contributed by atoms with Gasteiger partial charge in [0.15, 0.2) is 0 Å². The van der Waals surface area contributed by atoms with Gasteiger partial charge < -0.3 is 10.6 Å². The van der Waals surface area contributed by atoms with E-state index in [2.05, 4.69) is 10.6 Å². The van der Waals surface area contributed by atoms with Crippen LogP contribution in [0.15, 0.2) is 18.2 Å². The minimum atomic E-state index is -0.520. The zero-order chi connectivity index (χ0) is 16.4. The molecule has 0 heterocycles. The van der Waals surface area contributed by atoms with Crippen LogP contribution in [0.2, 0.25) is 5.02 Å². The highest BCUT2D eigenvalue weighted by molar-refractivity contribution is 6.34. The summed E-state index contributed by atoms with van der Waals surface area (Å²) in [7, 11) is 0. The summed E-state index contributed by atoms with van der Waals surface area (Å²) in [5.74, 6) is -0.235. The van der Waals surface area contributed by atoms with Gasteiger partial charge in [0.1, 0.15) is 0 Å². The molecule has 21 heavy (non-hydrogen) atoms. The van der Waals surface area contributed by atoms with Crippen LogP contribution in [0.4, 0.5) is 11.4 Å². The van der Waals surface area contributed by atoms with Crippen LogP contribution in [0.25, 0.3) is 0 Å². The van der Waals surface area contributed by atoms with Crippen LogP contribution in [0, 0.1) is 10.8 Å². The average molecular weight is 311 g/mol. The molecule has 0 unspecified atom stereocenters. The van der Waals surface area contributed by atoms with Crippen molar-refractivity contribution in [3.63, 3.8) is 0 Å². The molecule has 4 nitrogen and oxygen atoms in total. The Balaban J connectivity index is 2.96. The number of hydrogen-bond acceptors (Lipinski definition) is 2. The molecule has 2 N–H and O–H groups in total. The van der Waals surface area contributed by atoms with Crippen LogP contribution >= 0.6 is 11.6 Å². The van der Waals surface area contributed by atoms with Crippen LogP contribution in [0.3, 0.4) is 0 Å². The molecule has 0 aromatic heterocycles. The first-order valence-electron chi connectivity index (χ1n) is 6.84. The van der Waals surface area contributed by atoms with Crippen molar-refractivity contribution in [2.75, 3.05) is 10.6 Å². The average Bonchev–Trinajstić information content (AvgIpc) is 2.30. The molecule has 1 aromatic rings. The van der Waals surface area contributed by atoms with Crippen molar-refractivity contribution in [2.45, 2.75) is 41.5 Å². The third kappa shape index (κ3) is 5.05. The highest BCUT2D eigenvalue weighted by Crippen LogP contribution is 2.28. The summed E-state index contributed by atoms with van der Waals surface area (Å²) < 4.78 is 0. The van der Waals surface area contributed by atoms with Gasteiger partial charge in [0, 0.05) is 16.5 Å². The van der Waals surface area contributed by atoms with Crippen molar-refractivity contribution >= 4 is 34.8 Å². The molecule has 0 aliphatic carbocycles. The van der Waals surface area contributed by atoms with E-state index in [1.807, 2.05) is 41.5 Å². The Morgan fingerprint density at radius 2 is 1.38 bits per heavy atom. The van der Waals surface area contributed by atoms with Crippen LogP contribution < -0.4 is 10.6 Å². The Bertz CT molecular complexity index is 554. The minimum Gasteiger partial charge on any atom is -0.326 e. The molecule has 0 atom stereocenters. The third-order valence-electron chi connectivity index (χ3n) is 2.83. The molecule has 0 bridgehead atoms. The quantitative estimate of drug-likeness (QED) is 0.855. The first-order valence-corrected chi connectivity index (χ1v) is 7.21. The molecule has 0 spiro atoms. The van der Waals surface area contributed by atoms with Gasteiger partial charge in [0.05, 0.1) is 10.7 Å². The maximum Gasteiger partial charge on any atom is 0.229 e. The van der Waals surface area contributed by atoms with E-state index in [4.69, 9.17) is 11.6 Å². The summed E-state index contributed by atoms with van der Waals surface area (Å²) >= 11 is 6.09. The first-order chi connectivity index (χ1) is 9.41. The highest BCUT2D eigenvalue weighted by atomic mass is 35.5. The van der Waals surface area contributed by atoms with Crippen molar-refractivity contribution in [1.29, 1.82) is 0 Å². The Morgan fingerprint density at radius 1 is 0.905 bits per heavy atom. The van der Waals surface area contributed by atoms with Gasteiger partial charge in [0.2, 0.25) is 11.8 Å². The fraction of sp³-hybridized carbons (Fsp3) is 0.500. The van der Waals surface area contributed by atoms with Gasteiger partial charge >= 0.3 is 0 Å². The molecule has 2 amide bonds. The van der Waals surface area contributed by atoms with Crippen LogP contribution in [0.1, 0.15) is 41.5 Å². The Kier molecular flexibility index (Phi) is 5.05. The predicted molar refractivity (Wildman–Crippen MR) is 87.6 cm³/mol. The van der Waals surface area contributed by atoms with Crippen LogP contribution in [-0.4, -0.2) is 11.8 Å². The number of anilines is 2. The summed E-state index contributed by atoms with van der Waals surface area (Å²) in [5.41, 5.74) is 0.0782. The molecule has 1 rings (SSSR count). The van der Waals surface area contributed by atoms with Gasteiger partial charge in [-0.3, -0.25) is 9.59 Å². The number of hydrogen-bond donors (Lipinski definition) is 2. The monoisotopic (exact) mass is 310 g/mol. The Labute approximate surface area is 131 Å². The molecule has 0 aliphatic heterocycles. The summed E-state index contributed by atoms with van der Waals surface area (Å²) in [6, 6.07) is 5.02. The van der Waals surface area contributed by atoms with E-state index in [-0.39, 0.29) is 11.8 Å². The molecule has 0 fully saturated rings. The normalized spacial score (nSPS) is 12.0. The van der Waals surface area contributed by atoms with Gasteiger partial charge in [-0.15, -0.1) is 0 Å². The summed E-state index contributed by atoms with van der Waals surface area (Å²) in [6.07, 6.45) is 0. The second-order valence-corrected chi connectivity index (χ2v) is 7.51. The second kappa shape index (κ2) is 6.06. The van der Waals surface area contributed by atoms with E-state index in [1.54, 1.807) is 18.2 Å². The molecule has 0 saturated carbocycles. The Hall–Kier alpha value is -1.55. The van der Waals surface area contributed by atoms with Gasteiger partial charge in [0.25, 0.3) is 0 Å². The molecule has 1 aromatic carbocycles. The number of benzene rings is 1. The van der Waals surface area contributed by atoms with Crippen molar-refractivity contribution in [3.05, 3.63) is 23.2 Å². The van der Waals surface area contributed by atoms with Crippen molar-refractivity contribution in [2.24, 2.45) is 10.8 Å². The standard InChI is InChI=1S/C16H23ClN2O2/c1-15(2,3)13(20)18-10-7-8-11(17)12(9-10)19-14(21)16(4,5)6/h7-9H,1-6H3,(H,18,20)(H,19,21). The van der Waals surface area contributed by atoms with E-state index < -0.39 is 10.8 Å². The topological polar surface area (TPSA) is 58.2 Å². The van der Waals surface area contributed by atoms with Crippen molar-refractivity contribution < 1.29 is 9.59 Å². The van der Waals surface area contributed by atoms with E-state index in [0.29, 0.717) is 16.4 Å². The zero-order valence-corrected chi connectivity index (χ0v) is 14.2. The molecular formula is C16H23ClN2O2. The van der Waals surface area contributed by atoms with Crippen LogP contribution in [-0.2, 0) is 9.59 Å². The molecule has 0 saturated heterocycles.